The van der Waals surface area contributed by atoms with E-state index in [4.69, 9.17) is 14.8 Å². The van der Waals surface area contributed by atoms with Gasteiger partial charge >= 0.3 is 59.1 Å². The third-order valence-corrected chi connectivity index (χ3v) is 3.27. The first kappa shape index (κ1) is 24.2. The molecule has 0 amide bonds. The van der Waals surface area contributed by atoms with Gasteiger partial charge in [0.15, 0.2) is 6.29 Å². The summed E-state index contributed by atoms with van der Waals surface area (Å²) in [7, 11) is -5.22. The van der Waals surface area contributed by atoms with E-state index in [1.807, 2.05) is 0 Å². The zero-order valence-corrected chi connectivity index (χ0v) is 16.5. The average Bonchev–Trinajstić information content (AvgIpc) is 2.25. The van der Waals surface area contributed by atoms with E-state index in [-0.39, 0.29) is 59.1 Å². The minimum atomic E-state index is -5.22. The molecule has 3 N–H and O–H groups in total. The fourth-order valence-corrected chi connectivity index (χ4v) is 2.54. The van der Waals surface area contributed by atoms with Crippen LogP contribution in [0.1, 0.15) is 26.3 Å². The van der Waals surface area contributed by atoms with Crippen molar-refractivity contribution in [2.24, 2.45) is 0 Å². The van der Waals surface area contributed by atoms with Crippen LogP contribution in [-0.4, -0.2) is 41.4 Å². The fraction of sp³-hybridized carbons (Fsp3) is 0.200. The van der Waals surface area contributed by atoms with Gasteiger partial charge in [-0.25, -0.2) is 0 Å². The van der Waals surface area contributed by atoms with Gasteiger partial charge in [0.05, 0.1) is 11.9 Å². The van der Waals surface area contributed by atoms with E-state index < -0.39 is 56.4 Å². The molecule has 0 aliphatic carbocycles. The van der Waals surface area contributed by atoms with E-state index in [0.29, 0.717) is 6.07 Å². The molecule has 1 rings (SSSR count). The van der Waals surface area contributed by atoms with Crippen LogP contribution in [0.15, 0.2) is 17.0 Å². The Hall–Kier alpha value is -0.01000. The summed E-state index contributed by atoms with van der Waals surface area (Å²) in [6.07, 6.45) is -2.73. The maximum absolute atomic E-state index is 11.2. The Labute approximate surface area is 169 Å². The van der Waals surface area contributed by atoms with Crippen LogP contribution in [0.4, 0.5) is 0 Å². The molecule has 0 heterocycles. The van der Waals surface area contributed by atoms with E-state index in [1.165, 1.54) is 0 Å². The van der Waals surface area contributed by atoms with Gasteiger partial charge < -0.3 is 30.0 Å². The summed E-state index contributed by atoms with van der Waals surface area (Å²) in [4.78, 5) is 20.3. The first-order chi connectivity index (χ1) is 9.05. The number of carboxylic acids is 2. The summed E-state index contributed by atoms with van der Waals surface area (Å²) in [5.41, 5.74) is -2.68. The summed E-state index contributed by atoms with van der Waals surface area (Å²) in [5.74, 6) is -4.13. The minimum absolute atomic E-state index is 0. The summed E-state index contributed by atoms with van der Waals surface area (Å²) in [6, 6.07) is 1.52. The molecule has 22 heavy (non-hydrogen) atoms. The molecule has 0 fully saturated rings. The first-order valence-electron chi connectivity index (χ1n) is 4.98. The first-order valence-corrected chi connectivity index (χ1v) is 6.42. The Kier molecular flexibility index (Phi) is 10.3. The molecule has 9 nitrogen and oxygen atoms in total. The third kappa shape index (κ3) is 5.89. The van der Waals surface area contributed by atoms with Crippen LogP contribution < -0.4 is 69.3 Å². The second kappa shape index (κ2) is 9.33. The number of hydrogen-bond acceptors (Lipinski definition) is 8. The Morgan fingerprint density at radius 1 is 1.09 bits per heavy atom. The molecule has 0 saturated carbocycles. The quantitative estimate of drug-likeness (QED) is 0.264. The van der Waals surface area contributed by atoms with Gasteiger partial charge in [-0.05, 0) is 5.56 Å². The number of carbonyl (C=O) groups is 2. The number of aromatic carboxylic acids is 2. The smallest absolute Gasteiger partial charge is 0.545 e. The normalized spacial score (nSPS) is 10.5. The van der Waals surface area contributed by atoms with Crippen LogP contribution in [0.25, 0.3) is 0 Å². The summed E-state index contributed by atoms with van der Waals surface area (Å²) < 4.78 is 31.3. The van der Waals surface area contributed by atoms with Gasteiger partial charge in [-0.3, -0.25) is 4.55 Å². The van der Waals surface area contributed by atoms with Crippen molar-refractivity contribution in [2.45, 2.75) is 17.6 Å². The van der Waals surface area contributed by atoms with Gasteiger partial charge in [0.2, 0.25) is 0 Å². The zero-order valence-electron chi connectivity index (χ0n) is 11.6. The summed E-state index contributed by atoms with van der Waals surface area (Å²) in [5, 5.41) is 39.3. The number of aliphatic hydroxyl groups excluding tert-OH is 1. The minimum Gasteiger partial charge on any atom is -0.545 e. The summed E-state index contributed by atoms with van der Waals surface area (Å²) >= 11 is 0. The maximum atomic E-state index is 11.2. The number of carboxylic acid groups (broad SMARTS) is 2. The van der Waals surface area contributed by atoms with Gasteiger partial charge in [-0.15, -0.1) is 0 Å². The predicted octanol–water partition coefficient (Wildman–Crippen LogP) is -9.48. The molecule has 0 spiro atoms. The fourth-order valence-electron chi connectivity index (χ4n) is 1.64. The van der Waals surface area contributed by atoms with E-state index >= 15 is 0 Å². The maximum Gasteiger partial charge on any atom is 1.00 e. The van der Waals surface area contributed by atoms with Gasteiger partial charge in [-0.1, -0.05) is 12.1 Å². The van der Waals surface area contributed by atoms with Crippen LogP contribution in [0.3, 0.4) is 0 Å². The topological polar surface area (TPSA) is 175 Å². The Morgan fingerprint density at radius 2 is 1.59 bits per heavy atom. The second-order valence-electron chi connectivity index (χ2n) is 3.71. The molecule has 0 bridgehead atoms. The van der Waals surface area contributed by atoms with Crippen molar-refractivity contribution in [3.63, 3.8) is 0 Å². The number of aliphatic hydroxyl groups is 2. The third-order valence-electron chi connectivity index (χ3n) is 2.33. The van der Waals surface area contributed by atoms with E-state index in [9.17, 15) is 28.2 Å². The van der Waals surface area contributed by atoms with Crippen LogP contribution in [0, 0.1) is 0 Å². The number of benzene rings is 1. The van der Waals surface area contributed by atoms with Crippen LogP contribution >= 0.6 is 0 Å². The van der Waals surface area contributed by atoms with E-state index in [0.717, 1.165) is 6.07 Å². The van der Waals surface area contributed by atoms with Crippen molar-refractivity contribution in [1.82, 2.24) is 0 Å². The van der Waals surface area contributed by atoms with Crippen molar-refractivity contribution in [3.8, 4) is 0 Å². The van der Waals surface area contributed by atoms with Crippen molar-refractivity contribution in [1.29, 1.82) is 0 Å². The molecule has 0 aromatic heterocycles. The Bertz CT molecular complexity index is 669. The standard InChI is InChI=1S/C10H10O9S.2Na/c11-6(12)3-4-1-2-5(9(13)14)8(20(17,18)19)7(4)10(15)16;;/h1-2,6,11-12H,3H2,(H,13,14)(H,15,16)(H,17,18,19);;/q;2*+1/p-2. The second-order valence-corrected chi connectivity index (χ2v) is 5.07. The molecule has 0 aliphatic rings. The molecule has 0 saturated heterocycles. The summed E-state index contributed by atoms with van der Waals surface area (Å²) in [6.45, 7) is 0. The van der Waals surface area contributed by atoms with Gasteiger partial charge in [0, 0.05) is 17.5 Å². The van der Waals surface area contributed by atoms with E-state index in [1.54, 1.807) is 0 Å². The van der Waals surface area contributed by atoms with E-state index in [2.05, 4.69) is 0 Å². The van der Waals surface area contributed by atoms with Crippen LogP contribution in [0.2, 0.25) is 0 Å². The SMILES string of the molecule is O=C([O-])c1ccc(CC(O)O)c(C(=O)[O-])c1S(=O)(=O)O.[Na+].[Na+]. The van der Waals surface area contributed by atoms with Gasteiger partial charge in [0.1, 0.15) is 4.90 Å². The number of carbonyl (C=O) groups excluding carboxylic acids is 2. The molecule has 0 atom stereocenters. The van der Waals surface area contributed by atoms with Crippen molar-refractivity contribution in [3.05, 3.63) is 28.8 Å². The van der Waals surface area contributed by atoms with Crippen molar-refractivity contribution in [2.75, 3.05) is 0 Å². The van der Waals surface area contributed by atoms with Crippen LogP contribution in [0.5, 0.6) is 0 Å². The molecule has 0 radical (unpaired) electrons. The molecule has 110 valence electrons. The zero-order chi connectivity index (χ0) is 15.7. The van der Waals surface area contributed by atoms with Crippen LogP contribution in [-0.2, 0) is 16.5 Å². The number of rotatable bonds is 5. The molecule has 0 aliphatic heterocycles. The monoisotopic (exact) mass is 350 g/mol. The largest absolute Gasteiger partial charge is 1.00 e. The Morgan fingerprint density at radius 3 is 1.91 bits per heavy atom. The molecule has 0 unspecified atom stereocenters. The molecular formula is C10H8Na2O9S. The molecule has 1 aromatic carbocycles. The Balaban J connectivity index is 0. The number of hydrogen-bond donors (Lipinski definition) is 3. The van der Waals surface area contributed by atoms with Gasteiger partial charge in [-0.2, -0.15) is 8.42 Å². The van der Waals surface area contributed by atoms with Crippen molar-refractivity contribution >= 4 is 22.1 Å². The molecule has 12 heteroatoms. The molecule has 1 aromatic rings. The predicted molar refractivity (Wildman–Crippen MR) is 56.8 cm³/mol. The van der Waals surface area contributed by atoms with Gasteiger partial charge in [0.25, 0.3) is 10.1 Å². The van der Waals surface area contributed by atoms with Crippen molar-refractivity contribution < 1.29 is 102 Å². The average molecular weight is 350 g/mol. The molecular weight excluding hydrogens is 342 g/mol.